The summed E-state index contributed by atoms with van der Waals surface area (Å²) in [4.78, 5) is 16.6. The fourth-order valence-corrected chi connectivity index (χ4v) is 1.77. The zero-order chi connectivity index (χ0) is 11.4. The summed E-state index contributed by atoms with van der Waals surface area (Å²) in [7, 11) is 0. The molecule has 86 valence electrons. The van der Waals surface area contributed by atoms with Crippen LogP contribution in [0.2, 0.25) is 0 Å². The van der Waals surface area contributed by atoms with Crippen molar-refractivity contribution in [3.63, 3.8) is 0 Å². The Labute approximate surface area is 93.5 Å². The van der Waals surface area contributed by atoms with Crippen molar-refractivity contribution in [1.82, 2.24) is 15.4 Å². The Morgan fingerprint density at radius 2 is 1.88 bits per heavy atom. The lowest BCUT2D eigenvalue weighted by molar-refractivity contribution is 0.134. The lowest BCUT2D eigenvalue weighted by atomic mass is 10.3. The number of nitrogens with one attached hydrogen (secondary N) is 1. The number of nitrogens with zero attached hydrogens (tertiary/aromatic N) is 3. The van der Waals surface area contributed by atoms with E-state index in [0.717, 1.165) is 18.8 Å². The molecule has 0 aliphatic carbocycles. The molecule has 6 nitrogen and oxygen atoms in total. The van der Waals surface area contributed by atoms with E-state index in [1.165, 1.54) is 0 Å². The molecule has 1 saturated heterocycles. The minimum Gasteiger partial charge on any atom is -0.464 e. The van der Waals surface area contributed by atoms with Crippen LogP contribution < -0.4 is 10.3 Å². The predicted octanol–water partition coefficient (Wildman–Crippen LogP) is 0.386. The second kappa shape index (κ2) is 4.80. The van der Waals surface area contributed by atoms with Gasteiger partial charge in [0.25, 0.3) is 0 Å². The van der Waals surface area contributed by atoms with Gasteiger partial charge in [0.05, 0.1) is 0 Å². The number of amides is 1. The van der Waals surface area contributed by atoms with Crippen molar-refractivity contribution in [3.05, 3.63) is 24.5 Å². The van der Waals surface area contributed by atoms with Crippen molar-refractivity contribution in [1.29, 1.82) is 0 Å². The van der Waals surface area contributed by atoms with E-state index in [1.807, 2.05) is 12.1 Å². The number of carbonyl (C=O) groups is 1. The molecule has 1 fully saturated rings. The summed E-state index contributed by atoms with van der Waals surface area (Å²) in [5, 5.41) is 10.3. The van der Waals surface area contributed by atoms with Gasteiger partial charge in [-0.25, -0.2) is 9.80 Å². The molecule has 1 aliphatic heterocycles. The molecule has 2 heterocycles. The maximum Gasteiger partial charge on any atom is 0.419 e. The summed E-state index contributed by atoms with van der Waals surface area (Å²) in [5.41, 5.74) is 3.49. The van der Waals surface area contributed by atoms with Crippen molar-refractivity contribution in [3.8, 4) is 0 Å². The van der Waals surface area contributed by atoms with E-state index in [4.69, 9.17) is 5.11 Å². The van der Waals surface area contributed by atoms with E-state index in [9.17, 15) is 4.79 Å². The number of aromatic nitrogens is 1. The molecular weight excluding hydrogens is 208 g/mol. The maximum absolute atomic E-state index is 10.4. The molecule has 0 spiro atoms. The SMILES string of the molecule is O=C(O)NN1CCN(c2ccncc2)CC1. The Hall–Kier alpha value is -1.82. The standard InChI is InChI=1S/C10H14N4O2/c15-10(16)12-14-7-5-13(6-8-14)9-1-3-11-4-2-9/h1-4,12H,5-8H2,(H,15,16). The molecule has 1 aromatic heterocycles. The monoisotopic (exact) mass is 222 g/mol. The Morgan fingerprint density at radius 1 is 1.25 bits per heavy atom. The normalized spacial score (nSPS) is 17.1. The zero-order valence-corrected chi connectivity index (χ0v) is 8.83. The fraction of sp³-hybridized carbons (Fsp3) is 0.400. The average molecular weight is 222 g/mol. The Balaban J connectivity index is 1.88. The lowest BCUT2D eigenvalue weighted by Gasteiger charge is -2.35. The Kier molecular flexibility index (Phi) is 3.21. The van der Waals surface area contributed by atoms with Gasteiger partial charge in [0, 0.05) is 44.3 Å². The van der Waals surface area contributed by atoms with Gasteiger partial charge in [-0.3, -0.25) is 10.4 Å². The minimum absolute atomic E-state index is 0.689. The smallest absolute Gasteiger partial charge is 0.419 e. The van der Waals surface area contributed by atoms with E-state index in [0.29, 0.717) is 13.1 Å². The number of piperazine rings is 1. The molecule has 1 amide bonds. The first-order valence-electron chi connectivity index (χ1n) is 5.15. The second-order valence-electron chi connectivity index (χ2n) is 3.60. The largest absolute Gasteiger partial charge is 0.464 e. The van der Waals surface area contributed by atoms with Crippen LogP contribution in [0.15, 0.2) is 24.5 Å². The molecule has 2 N–H and O–H groups in total. The molecule has 1 aromatic rings. The molecule has 2 rings (SSSR count). The minimum atomic E-state index is -1.00. The first-order valence-corrected chi connectivity index (χ1v) is 5.15. The molecule has 0 radical (unpaired) electrons. The Bertz CT molecular complexity index is 349. The maximum atomic E-state index is 10.4. The number of pyridine rings is 1. The first-order chi connectivity index (χ1) is 7.75. The van der Waals surface area contributed by atoms with Gasteiger partial charge >= 0.3 is 6.09 Å². The predicted molar refractivity (Wildman–Crippen MR) is 59.2 cm³/mol. The summed E-state index contributed by atoms with van der Waals surface area (Å²) < 4.78 is 0. The van der Waals surface area contributed by atoms with Gasteiger partial charge in [-0.2, -0.15) is 0 Å². The topological polar surface area (TPSA) is 68.7 Å². The van der Waals surface area contributed by atoms with Crippen molar-refractivity contribution >= 4 is 11.8 Å². The third kappa shape index (κ3) is 2.60. The molecule has 0 bridgehead atoms. The number of hydrazine groups is 1. The van der Waals surface area contributed by atoms with Crippen molar-refractivity contribution in [2.24, 2.45) is 0 Å². The highest BCUT2D eigenvalue weighted by Crippen LogP contribution is 2.13. The van der Waals surface area contributed by atoms with E-state index in [-0.39, 0.29) is 0 Å². The molecule has 0 unspecified atom stereocenters. The molecule has 6 heteroatoms. The van der Waals surface area contributed by atoms with Crippen LogP contribution in [0.1, 0.15) is 0 Å². The molecule has 16 heavy (non-hydrogen) atoms. The quantitative estimate of drug-likeness (QED) is 0.757. The van der Waals surface area contributed by atoms with Crippen molar-refractivity contribution in [2.75, 3.05) is 31.1 Å². The lowest BCUT2D eigenvalue weighted by Crippen LogP contribution is -2.53. The number of carboxylic acid groups (broad SMARTS) is 1. The van der Waals surface area contributed by atoms with E-state index in [1.54, 1.807) is 17.4 Å². The average Bonchev–Trinajstić information content (AvgIpc) is 2.30. The molecule has 0 saturated carbocycles. The van der Waals surface area contributed by atoms with E-state index in [2.05, 4.69) is 15.3 Å². The summed E-state index contributed by atoms with van der Waals surface area (Å²) >= 11 is 0. The van der Waals surface area contributed by atoms with Gasteiger partial charge in [0.15, 0.2) is 0 Å². The Morgan fingerprint density at radius 3 is 2.44 bits per heavy atom. The highest BCUT2D eigenvalue weighted by atomic mass is 16.4. The zero-order valence-electron chi connectivity index (χ0n) is 8.83. The third-order valence-electron chi connectivity index (χ3n) is 2.56. The van der Waals surface area contributed by atoms with Crippen molar-refractivity contribution in [2.45, 2.75) is 0 Å². The number of hydrogen-bond acceptors (Lipinski definition) is 4. The molecular formula is C10H14N4O2. The number of rotatable bonds is 2. The van der Waals surface area contributed by atoms with Crippen LogP contribution in [-0.2, 0) is 0 Å². The van der Waals surface area contributed by atoms with Gasteiger partial charge in [-0.1, -0.05) is 0 Å². The summed E-state index contributed by atoms with van der Waals surface area (Å²) in [6.07, 6.45) is 2.52. The molecule has 0 aromatic carbocycles. The van der Waals surface area contributed by atoms with Crippen LogP contribution in [0.3, 0.4) is 0 Å². The van der Waals surface area contributed by atoms with E-state index < -0.39 is 6.09 Å². The van der Waals surface area contributed by atoms with Gasteiger partial charge in [0.1, 0.15) is 0 Å². The van der Waals surface area contributed by atoms with Crippen LogP contribution in [-0.4, -0.2) is 47.4 Å². The summed E-state index contributed by atoms with van der Waals surface area (Å²) in [6.45, 7) is 3.00. The van der Waals surface area contributed by atoms with Crippen LogP contribution >= 0.6 is 0 Å². The highest BCUT2D eigenvalue weighted by molar-refractivity contribution is 5.63. The fourth-order valence-electron chi connectivity index (χ4n) is 1.77. The van der Waals surface area contributed by atoms with Gasteiger partial charge in [0.2, 0.25) is 0 Å². The van der Waals surface area contributed by atoms with Gasteiger partial charge < -0.3 is 10.0 Å². The summed E-state index contributed by atoms with van der Waals surface area (Å²) in [6, 6.07) is 3.92. The number of anilines is 1. The molecule has 1 aliphatic rings. The molecule has 0 atom stereocenters. The van der Waals surface area contributed by atoms with Crippen LogP contribution in [0.5, 0.6) is 0 Å². The first kappa shape index (κ1) is 10.7. The third-order valence-corrected chi connectivity index (χ3v) is 2.56. The van der Waals surface area contributed by atoms with E-state index >= 15 is 0 Å². The number of hydrogen-bond donors (Lipinski definition) is 2. The highest BCUT2D eigenvalue weighted by Gasteiger charge is 2.17. The van der Waals surface area contributed by atoms with Crippen LogP contribution in [0.4, 0.5) is 10.5 Å². The van der Waals surface area contributed by atoms with Crippen LogP contribution in [0, 0.1) is 0 Å². The second-order valence-corrected chi connectivity index (χ2v) is 3.60. The van der Waals surface area contributed by atoms with Crippen molar-refractivity contribution < 1.29 is 9.90 Å². The summed E-state index contributed by atoms with van der Waals surface area (Å²) in [5.74, 6) is 0. The van der Waals surface area contributed by atoms with Crippen LogP contribution in [0.25, 0.3) is 0 Å². The van der Waals surface area contributed by atoms with Gasteiger partial charge in [-0.05, 0) is 12.1 Å². The van der Waals surface area contributed by atoms with Gasteiger partial charge in [-0.15, -0.1) is 0 Å².